The van der Waals surface area contributed by atoms with Gasteiger partial charge in [-0.25, -0.2) is 13.1 Å². The molecule has 0 bridgehead atoms. The Morgan fingerprint density at radius 2 is 1.95 bits per heavy atom. The van der Waals surface area contributed by atoms with Crippen molar-refractivity contribution in [3.63, 3.8) is 0 Å². The number of methoxy groups -OCH3 is 1. The molecule has 0 aliphatic rings. The van der Waals surface area contributed by atoms with Gasteiger partial charge in [0.25, 0.3) is 0 Å². The summed E-state index contributed by atoms with van der Waals surface area (Å²) in [6.45, 7) is 8.86. The zero-order valence-electron chi connectivity index (χ0n) is 13.4. The Morgan fingerprint density at radius 3 is 2.43 bits per heavy atom. The summed E-state index contributed by atoms with van der Waals surface area (Å²) < 4.78 is 32.9. The van der Waals surface area contributed by atoms with E-state index < -0.39 is 10.0 Å². The molecule has 21 heavy (non-hydrogen) atoms. The van der Waals surface area contributed by atoms with Crippen LogP contribution in [0.5, 0.6) is 5.75 Å². The SMILES string of the molecule is COc1ccc(CN)cc1S(=O)(=O)NCC(C)(C)C(C)C. The van der Waals surface area contributed by atoms with Gasteiger partial charge in [0.15, 0.2) is 0 Å². The molecule has 5 nitrogen and oxygen atoms in total. The first-order valence-corrected chi connectivity index (χ1v) is 8.49. The van der Waals surface area contributed by atoms with E-state index in [1.165, 1.54) is 7.11 Å². The van der Waals surface area contributed by atoms with Crippen LogP contribution >= 0.6 is 0 Å². The third kappa shape index (κ3) is 4.43. The van der Waals surface area contributed by atoms with E-state index in [2.05, 4.69) is 18.6 Å². The van der Waals surface area contributed by atoms with Crippen LogP contribution in [0.3, 0.4) is 0 Å². The van der Waals surface area contributed by atoms with Crippen molar-refractivity contribution in [1.82, 2.24) is 4.72 Å². The summed E-state index contributed by atoms with van der Waals surface area (Å²) in [6.07, 6.45) is 0. The molecule has 0 heterocycles. The summed E-state index contributed by atoms with van der Waals surface area (Å²) in [6, 6.07) is 4.95. The van der Waals surface area contributed by atoms with E-state index in [1.807, 2.05) is 13.8 Å². The third-order valence-electron chi connectivity index (χ3n) is 4.03. The lowest BCUT2D eigenvalue weighted by Crippen LogP contribution is -2.37. The van der Waals surface area contributed by atoms with Gasteiger partial charge < -0.3 is 10.5 Å². The zero-order chi connectivity index (χ0) is 16.3. The van der Waals surface area contributed by atoms with Gasteiger partial charge in [-0.1, -0.05) is 33.8 Å². The lowest BCUT2D eigenvalue weighted by molar-refractivity contribution is 0.252. The Kier molecular flexibility index (Phi) is 5.78. The van der Waals surface area contributed by atoms with Crippen LogP contribution in [-0.4, -0.2) is 22.1 Å². The second-order valence-corrected chi connectivity index (χ2v) is 7.89. The molecule has 0 radical (unpaired) electrons. The number of benzene rings is 1. The molecule has 1 rings (SSSR count). The Balaban J connectivity index is 3.08. The minimum atomic E-state index is -3.63. The molecule has 3 N–H and O–H groups in total. The first kappa shape index (κ1) is 17.9. The van der Waals surface area contributed by atoms with Crippen molar-refractivity contribution >= 4 is 10.0 Å². The highest BCUT2D eigenvalue weighted by Crippen LogP contribution is 2.28. The monoisotopic (exact) mass is 314 g/mol. The van der Waals surface area contributed by atoms with Crippen molar-refractivity contribution in [2.24, 2.45) is 17.1 Å². The van der Waals surface area contributed by atoms with E-state index in [-0.39, 0.29) is 16.9 Å². The van der Waals surface area contributed by atoms with Crippen molar-refractivity contribution in [3.8, 4) is 5.75 Å². The normalized spacial score (nSPS) is 12.7. The molecule has 0 fully saturated rings. The molecule has 0 amide bonds. The van der Waals surface area contributed by atoms with Crippen LogP contribution in [0.25, 0.3) is 0 Å². The molecule has 0 spiro atoms. The fourth-order valence-corrected chi connectivity index (χ4v) is 3.06. The molecule has 0 aliphatic carbocycles. The van der Waals surface area contributed by atoms with Crippen molar-refractivity contribution in [2.45, 2.75) is 39.1 Å². The highest BCUT2D eigenvalue weighted by molar-refractivity contribution is 7.89. The Bertz CT molecular complexity index is 581. The molecule has 0 unspecified atom stereocenters. The van der Waals surface area contributed by atoms with E-state index in [0.29, 0.717) is 18.2 Å². The minimum absolute atomic E-state index is 0.132. The van der Waals surface area contributed by atoms with Crippen molar-refractivity contribution in [2.75, 3.05) is 13.7 Å². The van der Waals surface area contributed by atoms with Crippen molar-refractivity contribution in [1.29, 1.82) is 0 Å². The molecular weight excluding hydrogens is 288 g/mol. The summed E-state index contributed by atoms with van der Waals surface area (Å²) in [7, 11) is -2.18. The fourth-order valence-electron chi connectivity index (χ4n) is 1.62. The Morgan fingerprint density at radius 1 is 1.33 bits per heavy atom. The fraction of sp³-hybridized carbons (Fsp3) is 0.600. The lowest BCUT2D eigenvalue weighted by atomic mass is 9.81. The average molecular weight is 314 g/mol. The maximum atomic E-state index is 12.5. The van der Waals surface area contributed by atoms with E-state index in [0.717, 1.165) is 5.56 Å². The summed E-state index contributed by atoms with van der Waals surface area (Å²) in [5.41, 5.74) is 6.20. The van der Waals surface area contributed by atoms with Crippen molar-refractivity contribution in [3.05, 3.63) is 23.8 Å². The predicted molar refractivity (Wildman–Crippen MR) is 84.7 cm³/mol. The number of ether oxygens (including phenoxy) is 1. The maximum Gasteiger partial charge on any atom is 0.244 e. The minimum Gasteiger partial charge on any atom is -0.495 e. The Labute approximate surface area is 127 Å². The standard InChI is InChI=1S/C15H26N2O3S/c1-11(2)15(3,4)10-17-21(18,19)14-8-12(9-16)6-7-13(14)20-5/h6-8,11,17H,9-10,16H2,1-5H3. The predicted octanol–water partition coefficient (Wildman–Crippen LogP) is 2.11. The number of nitrogens with one attached hydrogen (secondary N) is 1. The second kappa shape index (κ2) is 6.77. The summed E-state index contributed by atoms with van der Waals surface area (Å²) in [5, 5.41) is 0. The van der Waals surface area contributed by atoms with Crippen LogP contribution in [0.1, 0.15) is 33.3 Å². The molecule has 1 aromatic rings. The van der Waals surface area contributed by atoms with Crippen LogP contribution in [-0.2, 0) is 16.6 Å². The van der Waals surface area contributed by atoms with Gasteiger partial charge in [-0.15, -0.1) is 0 Å². The molecule has 6 heteroatoms. The average Bonchev–Trinajstić information content (AvgIpc) is 2.44. The van der Waals surface area contributed by atoms with Crippen LogP contribution in [0.2, 0.25) is 0 Å². The lowest BCUT2D eigenvalue weighted by Gasteiger charge is -2.29. The number of rotatable bonds is 7. The molecule has 0 saturated heterocycles. The van der Waals surface area contributed by atoms with Gasteiger partial charge in [0, 0.05) is 13.1 Å². The quantitative estimate of drug-likeness (QED) is 0.807. The molecule has 0 aliphatic heterocycles. The van der Waals surface area contributed by atoms with Gasteiger partial charge in [0.05, 0.1) is 7.11 Å². The van der Waals surface area contributed by atoms with Gasteiger partial charge in [0.2, 0.25) is 10.0 Å². The highest BCUT2D eigenvalue weighted by Gasteiger charge is 2.27. The molecule has 0 saturated carbocycles. The van der Waals surface area contributed by atoms with Gasteiger partial charge in [0.1, 0.15) is 10.6 Å². The molecule has 120 valence electrons. The van der Waals surface area contributed by atoms with Crippen LogP contribution in [0.4, 0.5) is 0 Å². The number of nitrogens with two attached hydrogens (primary N) is 1. The smallest absolute Gasteiger partial charge is 0.244 e. The van der Waals surface area contributed by atoms with Gasteiger partial charge in [-0.3, -0.25) is 0 Å². The zero-order valence-corrected chi connectivity index (χ0v) is 14.3. The number of hydrogen-bond acceptors (Lipinski definition) is 4. The van der Waals surface area contributed by atoms with E-state index in [4.69, 9.17) is 10.5 Å². The second-order valence-electron chi connectivity index (χ2n) is 6.16. The summed E-state index contributed by atoms with van der Waals surface area (Å²) in [5.74, 6) is 0.680. The van der Waals surface area contributed by atoms with Crippen LogP contribution < -0.4 is 15.2 Å². The Hall–Kier alpha value is -1.11. The number of hydrogen-bond donors (Lipinski definition) is 2. The maximum absolute atomic E-state index is 12.5. The highest BCUT2D eigenvalue weighted by atomic mass is 32.2. The first-order chi connectivity index (χ1) is 9.64. The largest absolute Gasteiger partial charge is 0.495 e. The van der Waals surface area contributed by atoms with E-state index in [1.54, 1.807) is 18.2 Å². The summed E-state index contributed by atoms with van der Waals surface area (Å²) >= 11 is 0. The van der Waals surface area contributed by atoms with Crippen LogP contribution in [0, 0.1) is 11.3 Å². The van der Waals surface area contributed by atoms with Gasteiger partial charge >= 0.3 is 0 Å². The van der Waals surface area contributed by atoms with Crippen LogP contribution in [0.15, 0.2) is 23.1 Å². The third-order valence-corrected chi connectivity index (χ3v) is 5.46. The molecule has 0 atom stereocenters. The van der Waals surface area contributed by atoms with Crippen molar-refractivity contribution < 1.29 is 13.2 Å². The molecule has 0 aromatic heterocycles. The first-order valence-electron chi connectivity index (χ1n) is 7.00. The summed E-state index contributed by atoms with van der Waals surface area (Å²) in [4.78, 5) is 0.132. The van der Waals surface area contributed by atoms with E-state index in [9.17, 15) is 8.42 Å². The number of sulfonamides is 1. The molecular formula is C15H26N2O3S. The topological polar surface area (TPSA) is 81.4 Å². The molecule has 1 aromatic carbocycles. The van der Waals surface area contributed by atoms with Gasteiger partial charge in [-0.2, -0.15) is 0 Å². The van der Waals surface area contributed by atoms with Gasteiger partial charge in [-0.05, 0) is 29.0 Å². The van der Waals surface area contributed by atoms with E-state index >= 15 is 0 Å².